The Morgan fingerprint density at radius 3 is 1.89 bits per heavy atom. The molecule has 196 valence electrons. The number of aliphatic hydroxyl groups is 2. The molecule has 6 N–H and O–H groups in total. The Morgan fingerprint density at radius 2 is 1.41 bits per heavy atom. The zero-order chi connectivity index (χ0) is 27.6. The van der Waals surface area contributed by atoms with E-state index in [1.165, 1.54) is 26.5 Å². The standard InChI is InChI=1S/C12H12BrN3O2.C8H7N3.C4H7BrO3/c1-12(18,6-13)11(17)16-9-2-3-10-8(4-9)5-14-7-15-10;9-7-1-2-8-6(3-7)4-10-5-11-8;1-4(8,2-5)3(6)7/h2-5,7,18H,6H2,1H3,(H,16,17);1-5H,9H2;8H,2H2,1H3,(H,6,7)/t12-;;4-/m0.0/s1. The fourth-order valence-corrected chi connectivity index (χ4v) is 2.94. The fourth-order valence-electron chi connectivity index (χ4n) is 2.45. The Kier molecular flexibility index (Phi) is 10.8. The molecule has 0 bridgehead atoms. The number of nitrogens with one attached hydrogen (secondary N) is 1. The van der Waals surface area contributed by atoms with Gasteiger partial charge in [-0.15, -0.1) is 0 Å². The molecule has 11 nitrogen and oxygen atoms in total. The number of amides is 1. The number of hydrogen-bond acceptors (Lipinski definition) is 9. The first-order valence-electron chi connectivity index (χ1n) is 10.7. The highest BCUT2D eigenvalue weighted by Crippen LogP contribution is 2.18. The smallest absolute Gasteiger partial charge is 0.336 e. The molecule has 2 atom stereocenters. The summed E-state index contributed by atoms with van der Waals surface area (Å²) in [6.45, 7) is 2.67. The lowest BCUT2D eigenvalue weighted by atomic mass is 10.1. The van der Waals surface area contributed by atoms with Crippen molar-refractivity contribution in [3.05, 3.63) is 61.4 Å². The molecule has 0 saturated heterocycles. The van der Waals surface area contributed by atoms with Crippen molar-refractivity contribution in [3.8, 4) is 0 Å². The second-order valence-corrected chi connectivity index (χ2v) is 9.33. The maximum atomic E-state index is 11.8. The van der Waals surface area contributed by atoms with Crippen LogP contribution in [0.5, 0.6) is 0 Å². The number of halogens is 2. The molecule has 0 spiro atoms. The third-order valence-corrected chi connectivity index (χ3v) is 6.95. The van der Waals surface area contributed by atoms with Crippen molar-refractivity contribution < 1.29 is 24.9 Å². The number of carbonyl (C=O) groups excluding carboxylic acids is 1. The van der Waals surface area contributed by atoms with Crippen LogP contribution in [0.4, 0.5) is 11.4 Å². The average molecular weight is 638 g/mol. The predicted molar refractivity (Wildman–Crippen MR) is 149 cm³/mol. The second kappa shape index (κ2) is 13.3. The van der Waals surface area contributed by atoms with Crippen molar-refractivity contribution in [1.29, 1.82) is 0 Å². The zero-order valence-corrected chi connectivity index (χ0v) is 23.1. The monoisotopic (exact) mass is 636 g/mol. The van der Waals surface area contributed by atoms with Gasteiger partial charge < -0.3 is 26.4 Å². The normalized spacial score (nSPS) is 13.7. The molecule has 2 heterocycles. The van der Waals surface area contributed by atoms with Crippen molar-refractivity contribution in [1.82, 2.24) is 19.9 Å². The molecule has 0 unspecified atom stereocenters. The molecule has 0 aliphatic rings. The molecule has 0 radical (unpaired) electrons. The van der Waals surface area contributed by atoms with Crippen LogP contribution in [0.1, 0.15) is 13.8 Å². The maximum absolute atomic E-state index is 11.8. The molecule has 2 aromatic heterocycles. The van der Waals surface area contributed by atoms with E-state index in [9.17, 15) is 14.7 Å². The van der Waals surface area contributed by atoms with Crippen LogP contribution in [0.2, 0.25) is 0 Å². The number of alkyl halides is 2. The lowest BCUT2D eigenvalue weighted by molar-refractivity contribution is -0.154. The van der Waals surface area contributed by atoms with Gasteiger partial charge in [0.05, 0.1) is 11.0 Å². The summed E-state index contributed by atoms with van der Waals surface area (Å²) in [5.74, 6) is -1.68. The number of benzene rings is 2. The van der Waals surface area contributed by atoms with Gasteiger partial charge in [0.1, 0.15) is 18.3 Å². The number of carbonyl (C=O) groups is 2. The van der Waals surface area contributed by atoms with E-state index in [4.69, 9.17) is 15.9 Å². The van der Waals surface area contributed by atoms with E-state index in [-0.39, 0.29) is 10.7 Å². The lowest BCUT2D eigenvalue weighted by Gasteiger charge is -2.19. The fraction of sp³-hybridized carbons (Fsp3) is 0.250. The lowest BCUT2D eigenvalue weighted by Crippen LogP contribution is -2.41. The van der Waals surface area contributed by atoms with Crippen molar-refractivity contribution in [3.63, 3.8) is 0 Å². The summed E-state index contributed by atoms with van der Waals surface area (Å²) in [4.78, 5) is 37.7. The highest BCUT2D eigenvalue weighted by molar-refractivity contribution is 9.09. The van der Waals surface area contributed by atoms with E-state index in [1.807, 2.05) is 18.2 Å². The summed E-state index contributed by atoms with van der Waals surface area (Å²) in [5, 5.41) is 31.4. The number of carboxylic acid groups (broad SMARTS) is 1. The number of rotatable bonds is 5. The summed E-state index contributed by atoms with van der Waals surface area (Å²) in [6, 6.07) is 10.8. The maximum Gasteiger partial charge on any atom is 0.336 e. The summed E-state index contributed by atoms with van der Waals surface area (Å²) in [6.07, 6.45) is 6.41. The first-order chi connectivity index (χ1) is 17.4. The Hall–Kier alpha value is -3.26. The van der Waals surface area contributed by atoms with E-state index in [2.05, 4.69) is 57.1 Å². The van der Waals surface area contributed by atoms with Crippen molar-refractivity contribution in [2.75, 3.05) is 21.7 Å². The topological polar surface area (TPSA) is 184 Å². The van der Waals surface area contributed by atoms with Crippen LogP contribution in [-0.4, -0.2) is 69.0 Å². The van der Waals surface area contributed by atoms with Crippen molar-refractivity contribution in [2.24, 2.45) is 0 Å². The largest absolute Gasteiger partial charge is 0.479 e. The van der Waals surface area contributed by atoms with E-state index in [1.54, 1.807) is 30.6 Å². The number of anilines is 2. The van der Waals surface area contributed by atoms with Gasteiger partial charge in [0.15, 0.2) is 5.60 Å². The van der Waals surface area contributed by atoms with Gasteiger partial charge in [0.2, 0.25) is 0 Å². The van der Waals surface area contributed by atoms with E-state index in [0.717, 1.165) is 27.5 Å². The number of nitrogens with two attached hydrogens (primary N) is 1. The minimum Gasteiger partial charge on any atom is -0.479 e. The third kappa shape index (κ3) is 8.97. The minimum absolute atomic E-state index is 0.0509. The van der Waals surface area contributed by atoms with Gasteiger partial charge in [-0.1, -0.05) is 31.9 Å². The van der Waals surface area contributed by atoms with Crippen LogP contribution in [0.25, 0.3) is 21.8 Å². The number of aliphatic carboxylic acids is 1. The van der Waals surface area contributed by atoms with Gasteiger partial charge in [0.25, 0.3) is 5.91 Å². The highest BCUT2D eigenvalue weighted by Gasteiger charge is 2.29. The molecule has 4 rings (SSSR count). The molecule has 37 heavy (non-hydrogen) atoms. The SMILES string of the molecule is C[C@](O)(CBr)C(=O)Nc1ccc2ncncc2c1.C[C@](O)(CBr)C(=O)O.Nc1ccc2ncncc2c1. The molecule has 1 amide bonds. The Labute approximate surface area is 229 Å². The average Bonchev–Trinajstić information content (AvgIpc) is 2.89. The Balaban J connectivity index is 0.000000216. The molecule has 13 heteroatoms. The van der Waals surface area contributed by atoms with Crippen molar-refractivity contribution >= 4 is 76.9 Å². The van der Waals surface area contributed by atoms with Crippen molar-refractivity contribution in [2.45, 2.75) is 25.0 Å². The van der Waals surface area contributed by atoms with Gasteiger partial charge >= 0.3 is 5.97 Å². The van der Waals surface area contributed by atoms with Gasteiger partial charge in [-0.3, -0.25) is 4.79 Å². The van der Waals surface area contributed by atoms with Crippen LogP contribution in [0, 0.1) is 0 Å². The first kappa shape index (κ1) is 30.0. The molecule has 2 aromatic carbocycles. The molecule has 4 aromatic rings. The molecule has 0 fully saturated rings. The minimum atomic E-state index is -1.62. The van der Waals surface area contributed by atoms with E-state index < -0.39 is 23.1 Å². The summed E-state index contributed by atoms with van der Waals surface area (Å²) < 4.78 is 0. The third-order valence-electron chi connectivity index (χ3n) is 4.76. The van der Waals surface area contributed by atoms with Crippen LogP contribution < -0.4 is 11.1 Å². The number of hydrogen-bond donors (Lipinski definition) is 5. The molecule has 0 aliphatic heterocycles. The molecule has 0 saturated carbocycles. The number of carboxylic acids is 1. The Bertz CT molecular complexity index is 1370. The predicted octanol–water partition coefficient (Wildman–Crippen LogP) is 3.14. The van der Waals surface area contributed by atoms with E-state index in [0.29, 0.717) is 5.69 Å². The first-order valence-corrected chi connectivity index (χ1v) is 12.9. The zero-order valence-electron chi connectivity index (χ0n) is 20.0. The molecular weight excluding hydrogens is 612 g/mol. The second-order valence-electron chi connectivity index (χ2n) is 8.21. The number of aromatic nitrogens is 4. The number of nitrogens with zero attached hydrogens (tertiary/aromatic N) is 4. The van der Waals surface area contributed by atoms with Crippen LogP contribution in [0.3, 0.4) is 0 Å². The van der Waals surface area contributed by atoms with Crippen LogP contribution in [0.15, 0.2) is 61.4 Å². The highest BCUT2D eigenvalue weighted by atomic mass is 79.9. The molecular formula is C24H26Br2N6O5. The van der Waals surface area contributed by atoms with Crippen LogP contribution in [-0.2, 0) is 9.59 Å². The number of fused-ring (bicyclic) bond motifs is 2. The Morgan fingerprint density at radius 1 is 0.892 bits per heavy atom. The van der Waals surface area contributed by atoms with Gasteiger partial charge in [-0.05, 0) is 50.2 Å². The van der Waals surface area contributed by atoms with Crippen LogP contribution >= 0.6 is 31.9 Å². The summed E-state index contributed by atoms with van der Waals surface area (Å²) in [5.41, 5.74) is 5.57. The van der Waals surface area contributed by atoms with Gasteiger partial charge in [-0.2, -0.15) is 0 Å². The number of nitrogen functional groups attached to an aromatic ring is 1. The quantitative estimate of drug-likeness (QED) is 0.161. The van der Waals surface area contributed by atoms with Gasteiger partial charge in [-0.25, -0.2) is 24.7 Å². The summed E-state index contributed by atoms with van der Waals surface area (Å²) >= 11 is 5.93. The summed E-state index contributed by atoms with van der Waals surface area (Å²) in [7, 11) is 0. The molecule has 0 aliphatic carbocycles. The van der Waals surface area contributed by atoms with Gasteiger partial charge in [0, 0.05) is 45.2 Å². The van der Waals surface area contributed by atoms with E-state index >= 15 is 0 Å².